The van der Waals surface area contributed by atoms with E-state index >= 15 is 0 Å². The summed E-state index contributed by atoms with van der Waals surface area (Å²) in [5, 5.41) is 2.90. The van der Waals surface area contributed by atoms with E-state index in [2.05, 4.69) is 5.32 Å². The first-order valence-corrected chi connectivity index (χ1v) is 4.30. The van der Waals surface area contributed by atoms with Gasteiger partial charge in [-0.05, 0) is 6.07 Å². The van der Waals surface area contributed by atoms with Crippen LogP contribution in [0.15, 0.2) is 12.1 Å². The van der Waals surface area contributed by atoms with Gasteiger partial charge in [0, 0.05) is 11.6 Å². The first-order chi connectivity index (χ1) is 6.70. The highest BCUT2D eigenvalue weighted by molar-refractivity contribution is 6.33. The molecule has 0 aliphatic carbocycles. The molecule has 0 atom stereocenters. The minimum absolute atomic E-state index is 0.0240. The lowest BCUT2D eigenvalue weighted by molar-refractivity contribution is -0.118. The van der Waals surface area contributed by atoms with Crippen LogP contribution in [0.3, 0.4) is 0 Å². The number of fused-ring (bicyclic) bond motifs is 1. The molecule has 0 bridgehead atoms. The Kier molecular flexibility index (Phi) is 2.13. The van der Waals surface area contributed by atoms with Crippen molar-refractivity contribution in [1.82, 2.24) is 0 Å². The number of ether oxygens (including phenoxy) is 1. The zero-order valence-corrected chi connectivity index (χ0v) is 7.80. The van der Waals surface area contributed by atoms with E-state index in [1.165, 1.54) is 12.1 Å². The Bertz CT molecular complexity index is 417. The maximum atomic E-state index is 11.0. The Labute approximate surface area is 84.8 Å². The van der Waals surface area contributed by atoms with Gasteiger partial charge in [0.15, 0.2) is 12.9 Å². The molecule has 72 valence electrons. The molecule has 5 heteroatoms. The van der Waals surface area contributed by atoms with E-state index in [9.17, 15) is 9.59 Å². The number of benzene rings is 1. The summed E-state index contributed by atoms with van der Waals surface area (Å²) in [5.41, 5.74) is 0.809. The fourth-order valence-corrected chi connectivity index (χ4v) is 1.41. The van der Waals surface area contributed by atoms with E-state index in [1.54, 1.807) is 0 Å². The Hall–Kier alpha value is -1.55. The van der Waals surface area contributed by atoms with E-state index in [4.69, 9.17) is 16.3 Å². The predicted molar refractivity (Wildman–Crippen MR) is 51.0 cm³/mol. The topological polar surface area (TPSA) is 55.4 Å². The van der Waals surface area contributed by atoms with Gasteiger partial charge < -0.3 is 10.1 Å². The fraction of sp³-hybridized carbons (Fsp3) is 0.111. The third-order valence-electron chi connectivity index (χ3n) is 1.86. The van der Waals surface area contributed by atoms with Gasteiger partial charge in [-0.1, -0.05) is 11.6 Å². The number of hydrogen-bond donors (Lipinski definition) is 1. The summed E-state index contributed by atoms with van der Waals surface area (Å²) in [6.07, 6.45) is 0.628. The second-order valence-corrected chi connectivity index (χ2v) is 3.23. The number of rotatable bonds is 1. The summed E-state index contributed by atoms with van der Waals surface area (Å²) in [6, 6.07) is 3.00. The van der Waals surface area contributed by atoms with Crippen molar-refractivity contribution in [2.24, 2.45) is 0 Å². The lowest BCUT2D eigenvalue weighted by atomic mass is 10.2. The van der Waals surface area contributed by atoms with Crippen molar-refractivity contribution in [3.8, 4) is 5.75 Å². The van der Waals surface area contributed by atoms with Crippen LogP contribution in [0, 0.1) is 0 Å². The van der Waals surface area contributed by atoms with E-state index in [0.717, 1.165) is 0 Å². The molecule has 0 fully saturated rings. The number of aldehydes is 1. The first-order valence-electron chi connectivity index (χ1n) is 3.92. The summed E-state index contributed by atoms with van der Waals surface area (Å²) in [7, 11) is 0. The van der Waals surface area contributed by atoms with Crippen LogP contribution in [-0.2, 0) is 4.79 Å². The van der Waals surface area contributed by atoms with Crippen LogP contribution in [0.4, 0.5) is 5.69 Å². The van der Waals surface area contributed by atoms with Crippen molar-refractivity contribution >= 4 is 29.5 Å². The molecule has 2 rings (SSSR count). The molecular formula is C9H6ClNO3. The third-order valence-corrected chi connectivity index (χ3v) is 2.19. The standard InChI is InChI=1S/C9H6ClNO3/c10-6-2-8-7(1-5(6)3-12)11-9(13)4-14-8/h1-3H,4H2,(H,11,13). The number of carbonyl (C=O) groups excluding carboxylic acids is 2. The maximum Gasteiger partial charge on any atom is 0.262 e. The number of anilines is 1. The number of nitrogens with one attached hydrogen (secondary N) is 1. The summed E-state index contributed by atoms with van der Waals surface area (Å²) in [4.78, 5) is 21.5. The van der Waals surface area contributed by atoms with Gasteiger partial charge in [0.1, 0.15) is 5.75 Å². The van der Waals surface area contributed by atoms with Gasteiger partial charge in [-0.2, -0.15) is 0 Å². The van der Waals surface area contributed by atoms with Crippen LogP contribution >= 0.6 is 11.6 Å². The predicted octanol–water partition coefficient (Wildman–Crippen LogP) is 1.48. The lowest BCUT2D eigenvalue weighted by Crippen LogP contribution is -2.25. The minimum atomic E-state index is -0.239. The molecule has 14 heavy (non-hydrogen) atoms. The summed E-state index contributed by atoms with van der Waals surface area (Å²) in [5.74, 6) is 0.247. The fourth-order valence-electron chi connectivity index (χ4n) is 1.21. The third kappa shape index (κ3) is 1.44. The van der Waals surface area contributed by atoms with Crippen molar-refractivity contribution in [3.05, 3.63) is 22.7 Å². The van der Waals surface area contributed by atoms with Gasteiger partial charge in [0.25, 0.3) is 5.91 Å². The minimum Gasteiger partial charge on any atom is -0.482 e. The smallest absolute Gasteiger partial charge is 0.262 e. The molecule has 0 spiro atoms. The van der Waals surface area contributed by atoms with Crippen LogP contribution in [0.5, 0.6) is 5.75 Å². The van der Waals surface area contributed by atoms with Crippen molar-refractivity contribution in [2.45, 2.75) is 0 Å². The molecular weight excluding hydrogens is 206 g/mol. The molecule has 1 heterocycles. The first kappa shape index (κ1) is 9.02. The van der Waals surface area contributed by atoms with Crippen LogP contribution < -0.4 is 10.1 Å². The zero-order chi connectivity index (χ0) is 10.1. The second kappa shape index (κ2) is 3.31. The van der Waals surface area contributed by atoms with E-state index < -0.39 is 0 Å². The molecule has 0 saturated heterocycles. The summed E-state index contributed by atoms with van der Waals surface area (Å²) < 4.78 is 5.10. The quantitative estimate of drug-likeness (QED) is 0.716. The van der Waals surface area contributed by atoms with Crippen LogP contribution in [0.1, 0.15) is 10.4 Å². The van der Waals surface area contributed by atoms with Crippen molar-refractivity contribution < 1.29 is 14.3 Å². The normalized spacial score (nSPS) is 13.9. The Morgan fingerprint density at radius 2 is 2.29 bits per heavy atom. The molecule has 1 aliphatic rings. The molecule has 0 radical (unpaired) electrons. The highest BCUT2D eigenvalue weighted by Gasteiger charge is 2.17. The number of hydrogen-bond acceptors (Lipinski definition) is 3. The molecule has 1 N–H and O–H groups in total. The molecule has 4 nitrogen and oxygen atoms in total. The van der Waals surface area contributed by atoms with Gasteiger partial charge in [-0.15, -0.1) is 0 Å². The molecule has 1 amide bonds. The van der Waals surface area contributed by atoms with E-state index in [-0.39, 0.29) is 12.5 Å². The lowest BCUT2D eigenvalue weighted by Gasteiger charge is -2.18. The zero-order valence-electron chi connectivity index (χ0n) is 7.04. The molecule has 1 aliphatic heterocycles. The SMILES string of the molecule is O=Cc1cc2c(cc1Cl)OCC(=O)N2. The number of carbonyl (C=O) groups is 2. The molecule has 1 aromatic rings. The van der Waals surface area contributed by atoms with Gasteiger partial charge >= 0.3 is 0 Å². The van der Waals surface area contributed by atoms with Crippen LogP contribution in [-0.4, -0.2) is 18.8 Å². The van der Waals surface area contributed by atoms with Gasteiger partial charge in [0.05, 0.1) is 10.7 Å². The molecule has 0 saturated carbocycles. The van der Waals surface area contributed by atoms with Gasteiger partial charge in [-0.25, -0.2) is 0 Å². The highest BCUT2D eigenvalue weighted by atomic mass is 35.5. The Morgan fingerprint density at radius 1 is 1.50 bits per heavy atom. The van der Waals surface area contributed by atoms with Gasteiger partial charge in [-0.3, -0.25) is 9.59 Å². The van der Waals surface area contributed by atoms with Gasteiger partial charge in [0.2, 0.25) is 0 Å². The Balaban J connectivity index is 2.51. The molecule has 1 aromatic carbocycles. The molecule has 0 unspecified atom stereocenters. The average Bonchev–Trinajstić information content (AvgIpc) is 2.17. The van der Waals surface area contributed by atoms with E-state index in [1.807, 2.05) is 0 Å². The Morgan fingerprint density at radius 3 is 3.00 bits per heavy atom. The number of amides is 1. The summed E-state index contributed by atoms with van der Waals surface area (Å²) >= 11 is 5.77. The van der Waals surface area contributed by atoms with Crippen molar-refractivity contribution in [2.75, 3.05) is 11.9 Å². The summed E-state index contributed by atoms with van der Waals surface area (Å²) in [6.45, 7) is -0.0240. The van der Waals surface area contributed by atoms with Crippen LogP contribution in [0.2, 0.25) is 5.02 Å². The largest absolute Gasteiger partial charge is 0.482 e. The number of halogens is 1. The second-order valence-electron chi connectivity index (χ2n) is 2.82. The monoisotopic (exact) mass is 211 g/mol. The maximum absolute atomic E-state index is 11.0. The van der Waals surface area contributed by atoms with Crippen molar-refractivity contribution in [1.29, 1.82) is 0 Å². The molecule has 0 aromatic heterocycles. The van der Waals surface area contributed by atoms with Crippen molar-refractivity contribution in [3.63, 3.8) is 0 Å². The average molecular weight is 212 g/mol. The van der Waals surface area contributed by atoms with Crippen LogP contribution in [0.25, 0.3) is 0 Å². The van der Waals surface area contributed by atoms with E-state index in [0.29, 0.717) is 28.3 Å². The highest BCUT2D eigenvalue weighted by Crippen LogP contribution is 2.32.